The Labute approximate surface area is 167 Å². The number of hydrogen-bond donors (Lipinski definition) is 0. The van der Waals surface area contributed by atoms with Crippen LogP contribution in [0.25, 0.3) is 22.3 Å². The van der Waals surface area contributed by atoms with Gasteiger partial charge in [0.05, 0.1) is 16.3 Å². The zero-order chi connectivity index (χ0) is 19.7. The molecule has 7 nitrogen and oxygen atoms in total. The number of imidazole rings is 1. The summed E-state index contributed by atoms with van der Waals surface area (Å²) in [6.45, 7) is 0. The second-order valence-electron chi connectivity index (χ2n) is 5.76. The van der Waals surface area contributed by atoms with Crippen LogP contribution in [0.1, 0.15) is 16.1 Å². The number of carbonyl (C=O) groups excluding carboxylic acids is 1. The van der Waals surface area contributed by atoms with Crippen molar-refractivity contribution in [3.8, 4) is 11.3 Å². The molecule has 0 N–H and O–H groups in total. The SMILES string of the molecule is O=C(/C=C/c1c(-c2ccc(Cl)c([N+](=O)[O-])c2)nc2sccn12)c1ccncc1. The summed E-state index contributed by atoms with van der Waals surface area (Å²) in [6.07, 6.45) is 8.04. The van der Waals surface area contributed by atoms with Crippen LogP contribution in [0.5, 0.6) is 0 Å². The number of carbonyl (C=O) groups is 1. The number of halogens is 1. The summed E-state index contributed by atoms with van der Waals surface area (Å²) in [4.78, 5) is 32.3. The van der Waals surface area contributed by atoms with Gasteiger partial charge in [-0.3, -0.25) is 24.3 Å². The van der Waals surface area contributed by atoms with E-state index < -0.39 is 4.92 Å². The minimum absolute atomic E-state index is 0.0553. The van der Waals surface area contributed by atoms with Crippen molar-refractivity contribution in [3.63, 3.8) is 0 Å². The quantitative estimate of drug-likeness (QED) is 0.202. The van der Waals surface area contributed by atoms with Crippen LogP contribution in [0.3, 0.4) is 0 Å². The van der Waals surface area contributed by atoms with Crippen molar-refractivity contribution in [2.75, 3.05) is 0 Å². The molecule has 0 aliphatic heterocycles. The zero-order valence-electron chi connectivity index (χ0n) is 14.2. The molecule has 0 bridgehead atoms. The van der Waals surface area contributed by atoms with Crippen LogP contribution in [-0.4, -0.2) is 25.1 Å². The highest BCUT2D eigenvalue weighted by molar-refractivity contribution is 7.15. The molecular weight excluding hydrogens is 400 g/mol. The first-order valence-corrected chi connectivity index (χ1v) is 9.32. The highest BCUT2D eigenvalue weighted by atomic mass is 35.5. The number of aromatic nitrogens is 3. The highest BCUT2D eigenvalue weighted by Crippen LogP contribution is 2.33. The summed E-state index contributed by atoms with van der Waals surface area (Å²) in [5.74, 6) is -0.180. The molecule has 0 saturated heterocycles. The first kappa shape index (κ1) is 18.0. The van der Waals surface area contributed by atoms with Crippen LogP contribution in [0.15, 0.2) is 60.4 Å². The third-order valence-corrected chi connectivity index (χ3v) is 5.15. The van der Waals surface area contributed by atoms with Gasteiger partial charge in [-0.05, 0) is 30.4 Å². The maximum absolute atomic E-state index is 12.4. The molecule has 28 heavy (non-hydrogen) atoms. The molecule has 0 aliphatic rings. The first-order valence-electron chi connectivity index (χ1n) is 8.07. The van der Waals surface area contributed by atoms with Gasteiger partial charge in [0.1, 0.15) is 5.02 Å². The smallest absolute Gasteiger partial charge is 0.288 e. The number of nitrogens with zero attached hydrogens (tertiary/aromatic N) is 4. The summed E-state index contributed by atoms with van der Waals surface area (Å²) in [6, 6.07) is 7.79. The number of nitro benzene ring substituents is 1. The van der Waals surface area contributed by atoms with Gasteiger partial charge in [-0.15, -0.1) is 11.3 Å². The number of hydrogen-bond acceptors (Lipinski definition) is 6. The monoisotopic (exact) mass is 410 g/mol. The van der Waals surface area contributed by atoms with Crippen molar-refractivity contribution >= 4 is 45.4 Å². The molecule has 4 rings (SSSR count). The summed E-state index contributed by atoms with van der Waals surface area (Å²) in [5.41, 5.74) is 2.04. The number of fused-ring (bicyclic) bond motifs is 1. The molecule has 0 amide bonds. The minimum atomic E-state index is -0.535. The van der Waals surface area contributed by atoms with Crippen LogP contribution in [0, 0.1) is 10.1 Å². The highest BCUT2D eigenvalue weighted by Gasteiger charge is 2.18. The molecule has 1 aromatic carbocycles. The molecule has 0 fully saturated rings. The molecule has 0 radical (unpaired) electrons. The van der Waals surface area contributed by atoms with Gasteiger partial charge in [-0.2, -0.15) is 0 Å². The summed E-state index contributed by atoms with van der Waals surface area (Å²) < 4.78 is 1.83. The van der Waals surface area contributed by atoms with Crippen LogP contribution >= 0.6 is 22.9 Å². The molecule has 3 aromatic heterocycles. The number of pyridine rings is 1. The van der Waals surface area contributed by atoms with Gasteiger partial charge in [0, 0.05) is 41.2 Å². The number of nitro groups is 1. The Kier molecular flexibility index (Phi) is 4.72. The van der Waals surface area contributed by atoms with Gasteiger partial charge in [-0.25, -0.2) is 4.98 Å². The Hall–Kier alpha value is -3.36. The molecule has 9 heteroatoms. The average molecular weight is 411 g/mol. The van der Waals surface area contributed by atoms with E-state index in [1.54, 1.807) is 36.7 Å². The summed E-state index contributed by atoms with van der Waals surface area (Å²) >= 11 is 7.34. The van der Waals surface area contributed by atoms with E-state index >= 15 is 0 Å². The maximum Gasteiger partial charge on any atom is 0.288 e. The van der Waals surface area contributed by atoms with E-state index in [1.807, 2.05) is 16.0 Å². The Balaban J connectivity index is 1.80. The lowest BCUT2D eigenvalue weighted by atomic mass is 10.1. The van der Waals surface area contributed by atoms with Crippen LogP contribution in [-0.2, 0) is 0 Å². The van der Waals surface area contributed by atoms with E-state index in [0.717, 1.165) is 0 Å². The molecule has 0 aliphatic carbocycles. The molecule has 0 spiro atoms. The van der Waals surface area contributed by atoms with E-state index in [-0.39, 0.29) is 16.5 Å². The van der Waals surface area contributed by atoms with Crippen LogP contribution in [0.4, 0.5) is 5.69 Å². The first-order chi connectivity index (χ1) is 13.5. The van der Waals surface area contributed by atoms with Gasteiger partial charge in [0.2, 0.25) is 0 Å². The average Bonchev–Trinajstić information content (AvgIpc) is 3.28. The Morgan fingerprint density at radius 3 is 2.79 bits per heavy atom. The summed E-state index contributed by atoms with van der Waals surface area (Å²) in [5, 5.41) is 13.1. The van der Waals surface area contributed by atoms with Gasteiger partial charge >= 0.3 is 0 Å². The predicted octanol–water partition coefficient (Wildman–Crippen LogP) is 4.92. The lowest BCUT2D eigenvalue weighted by molar-refractivity contribution is -0.384. The van der Waals surface area contributed by atoms with Crippen molar-refractivity contribution in [2.24, 2.45) is 0 Å². The molecule has 0 saturated carbocycles. The molecule has 0 unspecified atom stereocenters. The molecule has 4 aromatic rings. The second kappa shape index (κ2) is 7.34. The lowest BCUT2D eigenvalue weighted by Gasteiger charge is -2.02. The molecular formula is C19H11ClN4O3S. The number of ketones is 1. The van der Waals surface area contributed by atoms with E-state index in [4.69, 9.17) is 11.6 Å². The third kappa shape index (κ3) is 3.30. The lowest BCUT2D eigenvalue weighted by Crippen LogP contribution is -1.95. The van der Waals surface area contributed by atoms with Crippen molar-refractivity contribution < 1.29 is 9.72 Å². The topological polar surface area (TPSA) is 90.4 Å². The van der Waals surface area contributed by atoms with Crippen LogP contribution < -0.4 is 0 Å². The molecule has 3 heterocycles. The predicted molar refractivity (Wildman–Crippen MR) is 108 cm³/mol. The van der Waals surface area contributed by atoms with E-state index in [0.29, 0.717) is 27.5 Å². The number of rotatable bonds is 5. The molecule has 0 atom stereocenters. The van der Waals surface area contributed by atoms with Gasteiger partial charge in [-0.1, -0.05) is 17.7 Å². The van der Waals surface area contributed by atoms with Crippen molar-refractivity contribution in [1.29, 1.82) is 0 Å². The van der Waals surface area contributed by atoms with E-state index in [2.05, 4.69) is 9.97 Å². The minimum Gasteiger partial charge on any atom is -0.290 e. The fourth-order valence-corrected chi connectivity index (χ4v) is 3.65. The normalized spacial score (nSPS) is 11.3. The Morgan fingerprint density at radius 1 is 1.25 bits per heavy atom. The molecule has 138 valence electrons. The van der Waals surface area contributed by atoms with Gasteiger partial charge in [0.15, 0.2) is 10.7 Å². The number of allylic oxidation sites excluding steroid dienone is 1. The Morgan fingerprint density at radius 2 is 2.04 bits per heavy atom. The van der Waals surface area contributed by atoms with Crippen molar-refractivity contribution in [2.45, 2.75) is 0 Å². The third-order valence-electron chi connectivity index (χ3n) is 4.07. The Bertz CT molecular complexity index is 1230. The standard InChI is InChI=1S/C19H11ClN4O3S/c20-14-2-1-13(11-16(14)24(26)27)18-15(23-9-10-28-19(23)22-18)3-4-17(25)12-5-7-21-8-6-12/h1-11H/b4-3+. The fraction of sp³-hybridized carbons (Fsp3) is 0. The van der Waals surface area contributed by atoms with E-state index in [1.165, 1.54) is 29.5 Å². The van der Waals surface area contributed by atoms with Crippen molar-refractivity contribution in [1.82, 2.24) is 14.4 Å². The number of thiazole rings is 1. The largest absolute Gasteiger partial charge is 0.290 e. The number of benzene rings is 1. The zero-order valence-corrected chi connectivity index (χ0v) is 15.7. The van der Waals surface area contributed by atoms with Gasteiger partial charge in [0.25, 0.3) is 5.69 Å². The van der Waals surface area contributed by atoms with Crippen molar-refractivity contribution in [3.05, 3.63) is 86.8 Å². The summed E-state index contributed by atoms with van der Waals surface area (Å²) in [7, 11) is 0. The second-order valence-corrected chi connectivity index (χ2v) is 7.04. The van der Waals surface area contributed by atoms with Crippen LogP contribution in [0.2, 0.25) is 5.02 Å². The van der Waals surface area contributed by atoms with E-state index in [9.17, 15) is 14.9 Å². The van der Waals surface area contributed by atoms with Gasteiger partial charge < -0.3 is 0 Å². The maximum atomic E-state index is 12.4. The fourth-order valence-electron chi connectivity index (χ4n) is 2.74.